The van der Waals surface area contributed by atoms with E-state index in [4.69, 9.17) is 4.74 Å². The molecule has 0 aromatic heterocycles. The molecule has 2 aliphatic rings. The van der Waals surface area contributed by atoms with Gasteiger partial charge >= 0.3 is 6.09 Å². The SMILES string of the molecule is CC1(C)CC(OC(=O)NSC2CCCCC2)CC(C)(C)N1. The minimum atomic E-state index is -0.274. The van der Waals surface area contributed by atoms with E-state index in [-0.39, 0.29) is 23.3 Å². The van der Waals surface area contributed by atoms with Crippen molar-refractivity contribution in [3.63, 3.8) is 0 Å². The molecule has 0 aromatic carbocycles. The summed E-state index contributed by atoms with van der Waals surface area (Å²) in [4.78, 5) is 12.0. The minimum Gasteiger partial charge on any atom is -0.445 e. The topological polar surface area (TPSA) is 50.4 Å². The summed E-state index contributed by atoms with van der Waals surface area (Å²) in [6.45, 7) is 8.66. The van der Waals surface area contributed by atoms with Crippen LogP contribution in [0.3, 0.4) is 0 Å². The van der Waals surface area contributed by atoms with Crippen LogP contribution >= 0.6 is 11.9 Å². The van der Waals surface area contributed by atoms with Crippen LogP contribution in [-0.2, 0) is 4.74 Å². The van der Waals surface area contributed by atoms with Crippen LogP contribution in [0.15, 0.2) is 0 Å². The lowest BCUT2D eigenvalue weighted by Crippen LogP contribution is -2.59. The number of carbonyl (C=O) groups excluding carboxylic acids is 1. The second kappa shape index (κ2) is 6.78. The van der Waals surface area contributed by atoms with Gasteiger partial charge in [-0.3, -0.25) is 4.72 Å². The normalized spacial score (nSPS) is 26.3. The Morgan fingerprint density at radius 2 is 1.67 bits per heavy atom. The summed E-state index contributed by atoms with van der Waals surface area (Å²) >= 11 is 1.55. The summed E-state index contributed by atoms with van der Waals surface area (Å²) < 4.78 is 8.53. The average molecular weight is 314 g/mol. The van der Waals surface area contributed by atoms with Gasteiger partial charge in [-0.2, -0.15) is 0 Å². The molecule has 1 saturated heterocycles. The summed E-state index contributed by atoms with van der Waals surface area (Å²) in [6, 6.07) is 0. The molecule has 1 amide bonds. The zero-order valence-corrected chi connectivity index (χ0v) is 14.6. The van der Waals surface area contributed by atoms with Gasteiger partial charge in [0.05, 0.1) is 0 Å². The fourth-order valence-electron chi connectivity index (χ4n) is 3.80. The lowest BCUT2D eigenvalue weighted by atomic mass is 9.81. The molecule has 1 saturated carbocycles. The summed E-state index contributed by atoms with van der Waals surface area (Å²) in [5.74, 6) is 0. The Hall–Kier alpha value is -0.420. The van der Waals surface area contributed by atoms with Crippen molar-refractivity contribution in [1.29, 1.82) is 0 Å². The third-order valence-corrected chi connectivity index (χ3v) is 5.38. The maximum Gasteiger partial charge on any atom is 0.417 e. The fraction of sp³-hybridized carbons (Fsp3) is 0.938. The Balaban J connectivity index is 1.76. The zero-order valence-electron chi connectivity index (χ0n) is 13.8. The maximum atomic E-state index is 12.0. The van der Waals surface area contributed by atoms with E-state index in [0.29, 0.717) is 5.25 Å². The predicted octanol–water partition coefficient (Wildman–Crippen LogP) is 4.00. The highest BCUT2D eigenvalue weighted by Gasteiger charge is 2.39. The van der Waals surface area contributed by atoms with Crippen LogP contribution in [-0.4, -0.2) is 28.5 Å². The second-order valence-electron chi connectivity index (χ2n) is 7.81. The molecule has 2 N–H and O–H groups in total. The molecule has 1 aliphatic heterocycles. The molecule has 2 fully saturated rings. The molecular weight excluding hydrogens is 284 g/mol. The van der Waals surface area contributed by atoms with E-state index >= 15 is 0 Å². The van der Waals surface area contributed by atoms with Gasteiger partial charge in [0.1, 0.15) is 6.10 Å². The van der Waals surface area contributed by atoms with Crippen molar-refractivity contribution in [2.24, 2.45) is 0 Å². The van der Waals surface area contributed by atoms with Crippen LogP contribution in [0.5, 0.6) is 0 Å². The number of amides is 1. The van der Waals surface area contributed by atoms with Crippen molar-refractivity contribution in [1.82, 2.24) is 10.0 Å². The van der Waals surface area contributed by atoms with Gasteiger partial charge in [-0.15, -0.1) is 0 Å². The molecule has 122 valence electrons. The first-order valence-electron chi connectivity index (χ1n) is 8.17. The number of ether oxygens (including phenoxy) is 1. The van der Waals surface area contributed by atoms with Gasteiger partial charge < -0.3 is 10.1 Å². The zero-order chi connectivity index (χ0) is 15.5. The van der Waals surface area contributed by atoms with Gasteiger partial charge in [-0.25, -0.2) is 4.79 Å². The molecule has 0 bridgehead atoms. The summed E-state index contributed by atoms with van der Waals surface area (Å²) in [6.07, 6.45) is 7.75. The summed E-state index contributed by atoms with van der Waals surface area (Å²) in [7, 11) is 0. The van der Waals surface area contributed by atoms with Crippen LogP contribution in [0.1, 0.15) is 72.6 Å². The highest BCUT2D eigenvalue weighted by atomic mass is 32.2. The second-order valence-corrected chi connectivity index (χ2v) is 8.91. The molecule has 21 heavy (non-hydrogen) atoms. The standard InChI is InChI=1S/C16H30N2O2S/c1-15(2)10-12(11-16(3,4)18-15)20-14(19)17-21-13-8-6-5-7-9-13/h12-13,18H,5-11H2,1-4H3,(H,17,19). The van der Waals surface area contributed by atoms with Gasteiger partial charge in [0.15, 0.2) is 0 Å². The molecule has 0 aromatic rings. The fourth-order valence-corrected chi connectivity index (χ4v) is 4.68. The van der Waals surface area contributed by atoms with Crippen molar-refractivity contribution >= 4 is 18.0 Å². The first-order chi connectivity index (χ1) is 9.76. The quantitative estimate of drug-likeness (QED) is 0.773. The third kappa shape index (κ3) is 5.70. The minimum absolute atomic E-state index is 0.00318. The molecule has 0 radical (unpaired) electrons. The molecule has 5 heteroatoms. The Labute approximate surface area is 133 Å². The Morgan fingerprint density at radius 3 is 2.24 bits per heavy atom. The van der Waals surface area contributed by atoms with Gasteiger partial charge in [0.25, 0.3) is 0 Å². The van der Waals surface area contributed by atoms with Crippen molar-refractivity contribution < 1.29 is 9.53 Å². The van der Waals surface area contributed by atoms with E-state index < -0.39 is 0 Å². The van der Waals surface area contributed by atoms with Crippen molar-refractivity contribution in [2.75, 3.05) is 0 Å². The molecule has 1 heterocycles. The number of rotatable bonds is 3. The van der Waals surface area contributed by atoms with Crippen LogP contribution in [0.4, 0.5) is 4.79 Å². The predicted molar refractivity (Wildman–Crippen MR) is 88.4 cm³/mol. The first-order valence-corrected chi connectivity index (χ1v) is 9.05. The van der Waals surface area contributed by atoms with Gasteiger partial charge in [0, 0.05) is 29.2 Å². The smallest absolute Gasteiger partial charge is 0.417 e. The first kappa shape index (κ1) is 16.9. The van der Waals surface area contributed by atoms with Crippen LogP contribution < -0.4 is 10.0 Å². The van der Waals surface area contributed by atoms with Gasteiger partial charge in [0.2, 0.25) is 0 Å². The number of nitrogens with one attached hydrogen (secondary N) is 2. The van der Waals surface area contributed by atoms with E-state index in [1.807, 2.05) is 0 Å². The van der Waals surface area contributed by atoms with Gasteiger partial charge in [-0.1, -0.05) is 19.3 Å². The van der Waals surface area contributed by atoms with Crippen LogP contribution in [0.2, 0.25) is 0 Å². The largest absolute Gasteiger partial charge is 0.445 e. The van der Waals surface area contributed by atoms with Crippen LogP contribution in [0, 0.1) is 0 Å². The lowest BCUT2D eigenvalue weighted by Gasteiger charge is -2.45. The van der Waals surface area contributed by atoms with E-state index in [1.54, 1.807) is 11.9 Å². The average Bonchev–Trinajstić information content (AvgIpc) is 2.33. The van der Waals surface area contributed by atoms with E-state index in [1.165, 1.54) is 32.1 Å². The maximum absolute atomic E-state index is 12.0. The number of carbonyl (C=O) groups is 1. The van der Waals surface area contributed by atoms with Crippen LogP contribution in [0.25, 0.3) is 0 Å². The molecule has 1 aliphatic carbocycles. The third-order valence-electron chi connectivity index (χ3n) is 4.29. The Bertz CT molecular complexity index is 349. The van der Waals surface area contributed by atoms with Crippen molar-refractivity contribution in [2.45, 2.75) is 95.1 Å². The molecule has 0 atom stereocenters. The van der Waals surface area contributed by atoms with Crippen molar-refractivity contribution in [3.05, 3.63) is 0 Å². The van der Waals surface area contributed by atoms with E-state index in [9.17, 15) is 4.79 Å². The number of hydrogen-bond donors (Lipinski definition) is 2. The molecular formula is C16H30N2O2S. The number of piperidine rings is 1. The Morgan fingerprint density at radius 1 is 1.10 bits per heavy atom. The monoisotopic (exact) mass is 314 g/mol. The molecule has 4 nitrogen and oxygen atoms in total. The summed E-state index contributed by atoms with van der Waals surface area (Å²) in [5, 5.41) is 4.16. The number of hydrogen-bond acceptors (Lipinski definition) is 4. The van der Waals surface area contributed by atoms with E-state index in [0.717, 1.165) is 12.8 Å². The lowest BCUT2D eigenvalue weighted by molar-refractivity contribution is 0.0221. The van der Waals surface area contributed by atoms with E-state index in [2.05, 4.69) is 37.7 Å². The highest BCUT2D eigenvalue weighted by Crippen LogP contribution is 2.31. The van der Waals surface area contributed by atoms with Gasteiger partial charge in [-0.05, 0) is 52.5 Å². The Kier molecular flexibility index (Phi) is 5.47. The summed E-state index contributed by atoms with van der Waals surface area (Å²) in [5.41, 5.74) is 0.00637. The highest BCUT2D eigenvalue weighted by molar-refractivity contribution is 7.98. The van der Waals surface area contributed by atoms with Crippen molar-refractivity contribution in [3.8, 4) is 0 Å². The molecule has 0 unspecified atom stereocenters. The molecule has 2 rings (SSSR count). The molecule has 0 spiro atoms.